The summed E-state index contributed by atoms with van der Waals surface area (Å²) in [6, 6.07) is 9.47. The van der Waals surface area contributed by atoms with Gasteiger partial charge in [0.2, 0.25) is 0 Å². The summed E-state index contributed by atoms with van der Waals surface area (Å²) < 4.78 is 10.6. The topological polar surface area (TPSA) is 95.5 Å². The van der Waals surface area contributed by atoms with Crippen LogP contribution in [0.15, 0.2) is 46.2 Å². The van der Waals surface area contributed by atoms with E-state index in [1.807, 2.05) is 12.3 Å². The molecule has 0 amide bonds. The van der Waals surface area contributed by atoms with Crippen molar-refractivity contribution >= 4 is 34.6 Å². The molecule has 3 rings (SSSR count). The molecule has 26 heavy (non-hydrogen) atoms. The number of aryl methyl sites for hydroxylation is 1. The Hall–Kier alpha value is -3.26. The molecule has 1 aromatic carbocycles. The van der Waals surface area contributed by atoms with E-state index in [0.717, 1.165) is 5.69 Å². The molecule has 0 spiro atoms. The van der Waals surface area contributed by atoms with E-state index in [4.69, 9.17) is 9.15 Å². The van der Waals surface area contributed by atoms with Gasteiger partial charge in [-0.1, -0.05) is 0 Å². The Balaban J connectivity index is 1.93. The molecular formula is C18H14N2O5S. The molecule has 0 N–H and O–H groups in total. The fourth-order valence-corrected chi connectivity index (χ4v) is 3.07. The fourth-order valence-electron chi connectivity index (χ4n) is 2.27. The van der Waals surface area contributed by atoms with Crippen LogP contribution in [0.3, 0.4) is 0 Å². The van der Waals surface area contributed by atoms with Crippen molar-refractivity contribution in [1.29, 1.82) is 0 Å². The SMILES string of the molecule is COC(=O)/C(=C\c1ccc(-c2ccc([N+](=O)[O-])cc2)o1)c1nc(C)cs1. The van der Waals surface area contributed by atoms with Gasteiger partial charge in [-0.05, 0) is 37.3 Å². The third kappa shape index (κ3) is 3.70. The quantitative estimate of drug-likeness (QED) is 0.287. The normalized spacial score (nSPS) is 11.4. The Morgan fingerprint density at radius 3 is 2.58 bits per heavy atom. The van der Waals surface area contributed by atoms with Crippen molar-refractivity contribution in [2.75, 3.05) is 7.11 Å². The zero-order chi connectivity index (χ0) is 18.7. The number of nitro benzene ring substituents is 1. The van der Waals surface area contributed by atoms with Gasteiger partial charge in [0.05, 0.1) is 17.6 Å². The molecular weight excluding hydrogens is 356 g/mol. The van der Waals surface area contributed by atoms with Gasteiger partial charge in [0, 0.05) is 28.8 Å². The number of hydrogen-bond acceptors (Lipinski definition) is 7. The van der Waals surface area contributed by atoms with Crippen molar-refractivity contribution in [3.8, 4) is 11.3 Å². The summed E-state index contributed by atoms with van der Waals surface area (Å²) in [6.45, 7) is 1.84. The van der Waals surface area contributed by atoms with E-state index in [2.05, 4.69) is 4.98 Å². The van der Waals surface area contributed by atoms with Crippen molar-refractivity contribution < 1.29 is 18.9 Å². The van der Waals surface area contributed by atoms with Gasteiger partial charge in [0.25, 0.3) is 5.69 Å². The number of carbonyl (C=O) groups excluding carboxylic acids is 1. The molecule has 0 aliphatic heterocycles. The van der Waals surface area contributed by atoms with Crippen molar-refractivity contribution in [3.05, 3.63) is 68.4 Å². The van der Waals surface area contributed by atoms with Crippen LogP contribution in [-0.4, -0.2) is 23.0 Å². The molecule has 3 aromatic rings. The standard InChI is InChI=1S/C18H14N2O5S/c1-11-10-26-17(19-11)15(18(21)24-2)9-14-7-8-16(25-14)12-3-5-13(6-4-12)20(22)23/h3-10H,1-2H3/b15-9-. The molecule has 0 unspecified atom stereocenters. The Bertz CT molecular complexity index is 985. The van der Waals surface area contributed by atoms with Crippen LogP contribution in [0.1, 0.15) is 16.5 Å². The smallest absolute Gasteiger partial charge is 0.341 e. The monoisotopic (exact) mass is 370 g/mol. The summed E-state index contributed by atoms with van der Waals surface area (Å²) in [5.74, 6) is 0.477. The molecule has 0 saturated carbocycles. The van der Waals surface area contributed by atoms with E-state index in [1.54, 1.807) is 30.3 Å². The first-order chi connectivity index (χ1) is 12.5. The molecule has 8 heteroatoms. The van der Waals surface area contributed by atoms with E-state index in [9.17, 15) is 14.9 Å². The number of esters is 1. The Morgan fingerprint density at radius 2 is 2.00 bits per heavy atom. The maximum absolute atomic E-state index is 12.1. The second-order valence-electron chi connectivity index (χ2n) is 5.35. The van der Waals surface area contributed by atoms with E-state index in [0.29, 0.717) is 27.7 Å². The van der Waals surface area contributed by atoms with Gasteiger partial charge in [0.15, 0.2) is 0 Å². The molecule has 0 aliphatic rings. The van der Waals surface area contributed by atoms with E-state index >= 15 is 0 Å². The summed E-state index contributed by atoms with van der Waals surface area (Å²) >= 11 is 1.34. The summed E-state index contributed by atoms with van der Waals surface area (Å²) in [5, 5.41) is 13.1. The van der Waals surface area contributed by atoms with Gasteiger partial charge in [-0.2, -0.15) is 0 Å². The summed E-state index contributed by atoms with van der Waals surface area (Å²) in [6.07, 6.45) is 1.57. The number of rotatable bonds is 5. The molecule has 0 atom stereocenters. The van der Waals surface area contributed by atoms with Crippen molar-refractivity contribution in [2.24, 2.45) is 0 Å². The highest BCUT2D eigenvalue weighted by Gasteiger charge is 2.17. The number of thiazole rings is 1. The minimum absolute atomic E-state index is 0.00698. The predicted octanol–water partition coefficient (Wildman–Crippen LogP) is 4.33. The van der Waals surface area contributed by atoms with Crippen LogP contribution in [0.25, 0.3) is 23.0 Å². The number of furan rings is 1. The maximum atomic E-state index is 12.1. The Labute approximate surface area is 152 Å². The van der Waals surface area contributed by atoms with Gasteiger partial charge in [-0.3, -0.25) is 10.1 Å². The van der Waals surface area contributed by atoms with Crippen molar-refractivity contribution in [1.82, 2.24) is 4.98 Å². The average Bonchev–Trinajstić information content (AvgIpc) is 3.28. The van der Waals surface area contributed by atoms with Gasteiger partial charge < -0.3 is 9.15 Å². The van der Waals surface area contributed by atoms with Crippen molar-refractivity contribution in [3.63, 3.8) is 0 Å². The van der Waals surface area contributed by atoms with Crippen LogP contribution >= 0.6 is 11.3 Å². The minimum atomic E-state index is -0.507. The lowest BCUT2D eigenvalue weighted by atomic mass is 10.1. The van der Waals surface area contributed by atoms with E-state index in [1.165, 1.54) is 30.6 Å². The maximum Gasteiger partial charge on any atom is 0.341 e. The van der Waals surface area contributed by atoms with Crippen LogP contribution in [0.5, 0.6) is 0 Å². The number of benzene rings is 1. The molecule has 132 valence electrons. The van der Waals surface area contributed by atoms with Gasteiger partial charge in [-0.25, -0.2) is 9.78 Å². The van der Waals surface area contributed by atoms with Crippen LogP contribution in [-0.2, 0) is 9.53 Å². The molecule has 0 aliphatic carbocycles. The molecule has 0 radical (unpaired) electrons. The lowest BCUT2D eigenvalue weighted by molar-refractivity contribution is -0.384. The Kier molecular flexibility index (Phi) is 4.94. The third-order valence-electron chi connectivity index (χ3n) is 3.53. The summed E-state index contributed by atoms with van der Waals surface area (Å²) in [7, 11) is 1.31. The Morgan fingerprint density at radius 1 is 1.27 bits per heavy atom. The molecule has 2 heterocycles. The molecule has 0 fully saturated rings. The number of methoxy groups -OCH3 is 1. The number of nitrogens with zero attached hydrogens (tertiary/aromatic N) is 2. The summed E-state index contributed by atoms with van der Waals surface area (Å²) in [4.78, 5) is 26.7. The van der Waals surface area contributed by atoms with E-state index < -0.39 is 10.9 Å². The van der Waals surface area contributed by atoms with E-state index in [-0.39, 0.29) is 5.69 Å². The largest absolute Gasteiger partial charge is 0.465 e. The number of carbonyl (C=O) groups is 1. The number of aromatic nitrogens is 1. The first kappa shape index (κ1) is 17.6. The number of non-ortho nitro benzene ring substituents is 1. The molecule has 7 nitrogen and oxygen atoms in total. The van der Waals surface area contributed by atoms with Gasteiger partial charge >= 0.3 is 5.97 Å². The van der Waals surface area contributed by atoms with Crippen LogP contribution in [0.4, 0.5) is 5.69 Å². The highest BCUT2D eigenvalue weighted by Crippen LogP contribution is 2.28. The highest BCUT2D eigenvalue weighted by atomic mass is 32.1. The molecule has 2 aromatic heterocycles. The van der Waals surface area contributed by atoms with Gasteiger partial charge in [0.1, 0.15) is 16.5 Å². The number of nitro groups is 1. The van der Waals surface area contributed by atoms with Gasteiger partial charge in [-0.15, -0.1) is 11.3 Å². The van der Waals surface area contributed by atoms with Crippen LogP contribution in [0.2, 0.25) is 0 Å². The predicted molar refractivity (Wildman–Crippen MR) is 97.5 cm³/mol. The second kappa shape index (κ2) is 7.32. The zero-order valence-corrected chi connectivity index (χ0v) is 14.8. The minimum Gasteiger partial charge on any atom is -0.465 e. The highest BCUT2D eigenvalue weighted by molar-refractivity contribution is 7.11. The summed E-state index contributed by atoms with van der Waals surface area (Å²) in [5.41, 5.74) is 1.81. The molecule has 0 bridgehead atoms. The number of ether oxygens (including phenoxy) is 1. The van der Waals surface area contributed by atoms with Crippen LogP contribution in [0, 0.1) is 17.0 Å². The third-order valence-corrected chi connectivity index (χ3v) is 4.52. The first-order valence-electron chi connectivity index (χ1n) is 7.55. The second-order valence-corrected chi connectivity index (χ2v) is 6.21. The zero-order valence-electron chi connectivity index (χ0n) is 14.0. The fraction of sp³-hybridized carbons (Fsp3) is 0.111. The first-order valence-corrected chi connectivity index (χ1v) is 8.43. The van der Waals surface area contributed by atoms with Crippen LogP contribution < -0.4 is 0 Å². The lowest BCUT2D eigenvalue weighted by Gasteiger charge is -2.01. The average molecular weight is 370 g/mol. The lowest BCUT2D eigenvalue weighted by Crippen LogP contribution is -2.03. The van der Waals surface area contributed by atoms with Crippen molar-refractivity contribution in [2.45, 2.75) is 6.92 Å². The molecule has 0 saturated heterocycles. The number of hydrogen-bond donors (Lipinski definition) is 0.